The number of nitrogens with zero attached hydrogens (tertiary/aromatic N) is 2. The van der Waals surface area contributed by atoms with Crippen molar-refractivity contribution >= 4 is 11.6 Å². The van der Waals surface area contributed by atoms with Crippen LogP contribution in [0, 0.1) is 5.82 Å². The highest BCUT2D eigenvalue weighted by Gasteiger charge is 2.20. The lowest BCUT2D eigenvalue weighted by Crippen LogP contribution is -2.27. The van der Waals surface area contributed by atoms with Crippen LogP contribution < -0.4 is 5.32 Å². The molecule has 19 heavy (non-hydrogen) atoms. The van der Waals surface area contributed by atoms with Gasteiger partial charge in [0.1, 0.15) is 0 Å². The summed E-state index contributed by atoms with van der Waals surface area (Å²) >= 11 is 5.85. The number of nitrogens with one attached hydrogen (secondary N) is 1. The Morgan fingerprint density at radius 3 is 2.89 bits per heavy atom. The first-order valence-corrected chi connectivity index (χ1v) is 6.82. The maximum absolute atomic E-state index is 14.1. The second kappa shape index (κ2) is 5.31. The molecule has 0 unspecified atom stereocenters. The van der Waals surface area contributed by atoms with E-state index in [9.17, 15) is 4.39 Å². The fraction of sp³-hybridized carbons (Fsp3) is 0.357. The predicted molar refractivity (Wildman–Crippen MR) is 73.4 cm³/mol. The van der Waals surface area contributed by atoms with Gasteiger partial charge in [-0.15, -0.1) is 0 Å². The van der Waals surface area contributed by atoms with E-state index in [2.05, 4.69) is 10.3 Å². The van der Waals surface area contributed by atoms with Gasteiger partial charge in [-0.3, -0.25) is 0 Å². The van der Waals surface area contributed by atoms with Gasteiger partial charge in [0.2, 0.25) is 0 Å². The minimum absolute atomic E-state index is 0.141. The van der Waals surface area contributed by atoms with E-state index in [1.807, 2.05) is 10.8 Å². The van der Waals surface area contributed by atoms with Gasteiger partial charge in [0.15, 0.2) is 5.82 Å². The number of imidazole rings is 1. The lowest BCUT2D eigenvalue weighted by molar-refractivity contribution is 0.448. The van der Waals surface area contributed by atoms with Crippen molar-refractivity contribution in [2.24, 2.45) is 0 Å². The molecule has 3 nitrogen and oxygen atoms in total. The normalized spacial score (nSPS) is 16.7. The van der Waals surface area contributed by atoms with Gasteiger partial charge >= 0.3 is 0 Å². The molecule has 5 heteroatoms. The highest BCUT2D eigenvalue weighted by atomic mass is 35.5. The average Bonchev–Trinajstić information content (AvgIpc) is 2.92. The third kappa shape index (κ3) is 2.38. The van der Waals surface area contributed by atoms with Crippen LogP contribution in [-0.4, -0.2) is 22.6 Å². The van der Waals surface area contributed by atoms with Crippen LogP contribution in [0.2, 0.25) is 5.02 Å². The molecular formula is C14H15ClFN3. The van der Waals surface area contributed by atoms with Gasteiger partial charge in [0.25, 0.3) is 0 Å². The Hall–Kier alpha value is -1.39. The first kappa shape index (κ1) is 12.6. The summed E-state index contributed by atoms with van der Waals surface area (Å²) in [7, 11) is 0. The predicted octanol–water partition coefficient (Wildman–Crippen LogP) is 3.13. The Morgan fingerprint density at radius 1 is 1.32 bits per heavy atom. The van der Waals surface area contributed by atoms with E-state index in [1.165, 1.54) is 0 Å². The topological polar surface area (TPSA) is 29.9 Å². The van der Waals surface area contributed by atoms with E-state index in [1.54, 1.807) is 24.5 Å². The molecule has 3 rings (SSSR count). The first-order chi connectivity index (χ1) is 9.27. The summed E-state index contributed by atoms with van der Waals surface area (Å²) in [6, 6.07) is 5.04. The van der Waals surface area contributed by atoms with Crippen molar-refractivity contribution < 1.29 is 4.39 Å². The Morgan fingerprint density at radius 2 is 2.11 bits per heavy atom. The summed E-state index contributed by atoms with van der Waals surface area (Å²) in [5.74, 6) is 0.0273. The highest BCUT2D eigenvalue weighted by molar-refractivity contribution is 6.30. The third-order valence-corrected chi connectivity index (χ3v) is 3.91. The molecule has 1 aliphatic rings. The molecule has 1 N–H and O–H groups in total. The van der Waals surface area contributed by atoms with Crippen LogP contribution in [0.1, 0.15) is 24.5 Å². The zero-order valence-electron chi connectivity index (χ0n) is 10.4. The van der Waals surface area contributed by atoms with Gasteiger partial charge in [-0.25, -0.2) is 9.37 Å². The van der Waals surface area contributed by atoms with E-state index >= 15 is 0 Å². The molecule has 1 fully saturated rings. The quantitative estimate of drug-likeness (QED) is 0.915. The van der Waals surface area contributed by atoms with Crippen molar-refractivity contribution in [2.45, 2.75) is 18.8 Å². The largest absolute Gasteiger partial charge is 0.317 e. The molecule has 2 heterocycles. The highest BCUT2D eigenvalue weighted by Crippen LogP contribution is 2.29. The van der Waals surface area contributed by atoms with Gasteiger partial charge < -0.3 is 9.88 Å². The van der Waals surface area contributed by atoms with Crippen LogP contribution in [0.5, 0.6) is 0 Å². The molecule has 1 aromatic heterocycles. The molecule has 1 saturated heterocycles. The zero-order valence-corrected chi connectivity index (χ0v) is 11.2. The van der Waals surface area contributed by atoms with E-state index in [-0.39, 0.29) is 5.02 Å². The second-order valence-electron chi connectivity index (χ2n) is 4.79. The summed E-state index contributed by atoms with van der Waals surface area (Å²) in [5.41, 5.74) is 1.53. The third-order valence-electron chi connectivity index (χ3n) is 3.62. The molecule has 1 aliphatic heterocycles. The Labute approximate surface area is 116 Å². The van der Waals surface area contributed by atoms with Gasteiger partial charge in [0.05, 0.1) is 17.0 Å². The maximum atomic E-state index is 14.1. The Balaban J connectivity index is 2.01. The average molecular weight is 280 g/mol. The summed E-state index contributed by atoms with van der Waals surface area (Å²) in [5, 5.41) is 3.47. The maximum Gasteiger partial charge on any atom is 0.165 e. The van der Waals surface area contributed by atoms with Gasteiger partial charge in [-0.1, -0.05) is 17.7 Å². The summed E-state index contributed by atoms with van der Waals surface area (Å²) in [6.07, 6.45) is 5.59. The number of aromatic nitrogens is 2. The van der Waals surface area contributed by atoms with Crippen molar-refractivity contribution in [3.63, 3.8) is 0 Å². The zero-order chi connectivity index (χ0) is 13.2. The van der Waals surface area contributed by atoms with Crippen LogP contribution in [-0.2, 0) is 0 Å². The van der Waals surface area contributed by atoms with Gasteiger partial charge in [-0.05, 0) is 38.1 Å². The number of piperidine rings is 1. The Bertz CT molecular complexity index is 576. The number of hydrogen-bond acceptors (Lipinski definition) is 2. The van der Waals surface area contributed by atoms with E-state index in [4.69, 9.17) is 11.6 Å². The molecule has 0 amide bonds. The second-order valence-corrected chi connectivity index (χ2v) is 5.19. The van der Waals surface area contributed by atoms with Crippen molar-refractivity contribution in [2.75, 3.05) is 13.1 Å². The number of halogens is 2. The van der Waals surface area contributed by atoms with E-state index < -0.39 is 5.82 Å². The van der Waals surface area contributed by atoms with Crippen LogP contribution in [0.15, 0.2) is 30.7 Å². The van der Waals surface area contributed by atoms with Crippen LogP contribution in [0.3, 0.4) is 0 Å². The molecular weight excluding hydrogens is 265 g/mol. The minimum Gasteiger partial charge on any atom is -0.317 e. The lowest BCUT2D eigenvalue weighted by atomic mass is 9.95. The van der Waals surface area contributed by atoms with Crippen LogP contribution in [0.4, 0.5) is 4.39 Å². The molecule has 0 aliphatic carbocycles. The number of rotatable bonds is 2. The molecule has 2 aromatic rings. The first-order valence-electron chi connectivity index (χ1n) is 6.44. The molecule has 0 atom stereocenters. The summed E-state index contributed by atoms with van der Waals surface area (Å²) in [6.45, 7) is 1.99. The monoisotopic (exact) mass is 279 g/mol. The van der Waals surface area contributed by atoms with E-state index in [0.29, 0.717) is 11.6 Å². The number of hydrogen-bond donors (Lipinski definition) is 1. The fourth-order valence-corrected chi connectivity index (χ4v) is 2.77. The summed E-state index contributed by atoms with van der Waals surface area (Å²) < 4.78 is 15.9. The van der Waals surface area contributed by atoms with E-state index in [0.717, 1.165) is 31.6 Å². The smallest absolute Gasteiger partial charge is 0.165 e. The van der Waals surface area contributed by atoms with Crippen molar-refractivity contribution in [1.82, 2.24) is 14.9 Å². The lowest BCUT2D eigenvalue weighted by Gasteiger charge is -2.23. The van der Waals surface area contributed by atoms with Crippen molar-refractivity contribution in [3.05, 3.63) is 47.3 Å². The van der Waals surface area contributed by atoms with Gasteiger partial charge in [0, 0.05) is 17.8 Å². The summed E-state index contributed by atoms with van der Waals surface area (Å²) in [4.78, 5) is 4.18. The molecule has 0 saturated carbocycles. The fourth-order valence-electron chi connectivity index (χ4n) is 2.60. The molecule has 0 bridgehead atoms. The van der Waals surface area contributed by atoms with Crippen molar-refractivity contribution in [1.29, 1.82) is 0 Å². The van der Waals surface area contributed by atoms with Gasteiger partial charge in [-0.2, -0.15) is 0 Å². The number of benzene rings is 1. The molecule has 100 valence electrons. The molecule has 0 spiro atoms. The standard InChI is InChI=1S/C14H15ClFN3/c15-11-2-1-3-12(14(11)16)19-9-18-8-13(19)10-4-6-17-7-5-10/h1-3,8-10,17H,4-7H2. The van der Waals surface area contributed by atoms with Crippen LogP contribution >= 0.6 is 11.6 Å². The molecule has 0 radical (unpaired) electrons. The van der Waals surface area contributed by atoms with Crippen LogP contribution in [0.25, 0.3) is 5.69 Å². The Kier molecular flexibility index (Phi) is 3.53. The minimum atomic E-state index is -0.391. The van der Waals surface area contributed by atoms with Crippen molar-refractivity contribution in [3.8, 4) is 5.69 Å². The molecule has 1 aromatic carbocycles. The SMILES string of the molecule is Fc1c(Cl)cccc1-n1cncc1C1CCNCC1.